The zero-order valence-corrected chi connectivity index (χ0v) is 15.2. The van der Waals surface area contributed by atoms with E-state index in [0.29, 0.717) is 17.9 Å². The van der Waals surface area contributed by atoms with Crippen molar-refractivity contribution in [2.24, 2.45) is 0 Å². The number of carbonyl (C=O) groups excluding carboxylic acids is 1. The molecule has 1 atom stereocenters. The zero-order chi connectivity index (χ0) is 19.2. The van der Waals surface area contributed by atoms with Gasteiger partial charge in [0.15, 0.2) is 0 Å². The van der Waals surface area contributed by atoms with Crippen LogP contribution in [0.15, 0.2) is 48.5 Å². The fourth-order valence-corrected chi connectivity index (χ4v) is 2.71. The number of aromatic nitrogens is 1. The van der Waals surface area contributed by atoms with Gasteiger partial charge >= 0.3 is 5.97 Å². The average Bonchev–Trinajstić information content (AvgIpc) is 2.62. The van der Waals surface area contributed by atoms with Gasteiger partial charge in [0.05, 0.1) is 6.10 Å². The molecule has 0 saturated heterocycles. The maximum absolute atomic E-state index is 12.5. The van der Waals surface area contributed by atoms with Crippen LogP contribution >= 0.6 is 0 Å². The van der Waals surface area contributed by atoms with Crippen molar-refractivity contribution >= 4 is 11.9 Å². The quantitative estimate of drug-likeness (QED) is 0.759. The lowest BCUT2D eigenvalue weighted by atomic mass is 9.78. The molecule has 1 heterocycles. The maximum Gasteiger partial charge on any atom is 0.315 e. The number of benzene rings is 1. The number of aliphatic carboxylic acids is 1. The molecule has 0 aliphatic heterocycles. The predicted octanol–water partition coefficient (Wildman–Crippen LogP) is 3.03. The number of hydrogen-bond acceptors (Lipinski definition) is 4. The molecule has 6 heteroatoms. The van der Waals surface area contributed by atoms with Crippen molar-refractivity contribution in [1.29, 1.82) is 0 Å². The molecule has 0 spiro atoms. The Bertz CT molecular complexity index is 761. The third-order valence-corrected chi connectivity index (χ3v) is 4.20. The second kappa shape index (κ2) is 8.47. The Morgan fingerprint density at radius 2 is 1.85 bits per heavy atom. The molecule has 0 bridgehead atoms. The molecule has 1 aromatic heterocycles. The molecule has 2 rings (SSSR count). The lowest BCUT2D eigenvalue weighted by Gasteiger charge is -2.29. The van der Waals surface area contributed by atoms with E-state index in [2.05, 4.69) is 10.3 Å². The summed E-state index contributed by atoms with van der Waals surface area (Å²) in [4.78, 5) is 28.6. The third-order valence-electron chi connectivity index (χ3n) is 4.20. The number of carboxylic acid groups (broad SMARTS) is 1. The number of nitrogens with one attached hydrogen (secondary N) is 1. The topological polar surface area (TPSA) is 88.5 Å². The molecule has 0 aliphatic rings. The summed E-state index contributed by atoms with van der Waals surface area (Å²) in [6.07, 6.45) is 0.287. The number of nitrogens with zero attached hydrogens (tertiary/aromatic N) is 1. The van der Waals surface area contributed by atoms with Gasteiger partial charge < -0.3 is 15.2 Å². The lowest BCUT2D eigenvalue weighted by Crippen LogP contribution is -2.46. The van der Waals surface area contributed by atoms with E-state index in [1.54, 1.807) is 49.4 Å². The zero-order valence-electron chi connectivity index (χ0n) is 15.2. The van der Waals surface area contributed by atoms with Crippen molar-refractivity contribution in [3.8, 4) is 5.88 Å². The number of carbonyl (C=O) groups is 2. The van der Waals surface area contributed by atoms with E-state index in [9.17, 15) is 14.7 Å². The molecule has 26 heavy (non-hydrogen) atoms. The molecule has 138 valence electrons. The largest absolute Gasteiger partial charge is 0.481 e. The Hall–Kier alpha value is -2.89. The van der Waals surface area contributed by atoms with Crippen LogP contribution in [-0.2, 0) is 10.2 Å². The van der Waals surface area contributed by atoms with Gasteiger partial charge in [-0.05, 0) is 31.9 Å². The highest BCUT2D eigenvalue weighted by Crippen LogP contribution is 2.28. The third kappa shape index (κ3) is 4.39. The van der Waals surface area contributed by atoms with Crippen LogP contribution in [0.25, 0.3) is 0 Å². The summed E-state index contributed by atoms with van der Waals surface area (Å²) in [7, 11) is 0. The minimum Gasteiger partial charge on any atom is -0.481 e. The van der Waals surface area contributed by atoms with Crippen molar-refractivity contribution in [2.45, 2.75) is 38.7 Å². The summed E-state index contributed by atoms with van der Waals surface area (Å²) in [5.41, 5.74) is -0.352. The molecular weight excluding hydrogens is 332 g/mol. The second-order valence-corrected chi connectivity index (χ2v) is 6.32. The number of rotatable bonds is 8. The van der Waals surface area contributed by atoms with E-state index in [1.165, 1.54) is 0 Å². The van der Waals surface area contributed by atoms with Crippen molar-refractivity contribution in [1.82, 2.24) is 10.3 Å². The van der Waals surface area contributed by atoms with Crippen LogP contribution < -0.4 is 10.1 Å². The number of amides is 1. The van der Waals surface area contributed by atoms with Crippen molar-refractivity contribution in [2.75, 3.05) is 6.54 Å². The fourth-order valence-electron chi connectivity index (χ4n) is 2.71. The van der Waals surface area contributed by atoms with Crippen LogP contribution in [0, 0.1) is 0 Å². The van der Waals surface area contributed by atoms with Gasteiger partial charge in [-0.2, -0.15) is 0 Å². The molecule has 6 nitrogen and oxygen atoms in total. The number of ether oxygens (including phenoxy) is 1. The standard InChI is InChI=1S/C20H24N2O4/c1-4-20(19(24)25,15-9-6-5-7-10-15)13-21-18(23)16-11-8-12-17(22-16)26-14(2)3/h5-12,14H,4,13H2,1-3H3,(H,21,23)(H,24,25). The first kappa shape index (κ1) is 19.4. The highest BCUT2D eigenvalue weighted by Gasteiger charge is 2.39. The SMILES string of the molecule is CCC(CNC(=O)c1cccc(OC(C)C)n1)(C(=O)O)c1ccccc1. The van der Waals surface area contributed by atoms with Crippen molar-refractivity contribution in [3.63, 3.8) is 0 Å². The Labute approximate surface area is 153 Å². The van der Waals surface area contributed by atoms with Gasteiger partial charge in [0.1, 0.15) is 11.1 Å². The smallest absolute Gasteiger partial charge is 0.315 e. The van der Waals surface area contributed by atoms with E-state index in [0.717, 1.165) is 0 Å². The molecule has 0 fully saturated rings. The summed E-state index contributed by atoms with van der Waals surface area (Å²) in [6, 6.07) is 13.9. The summed E-state index contributed by atoms with van der Waals surface area (Å²) in [5, 5.41) is 12.5. The minimum absolute atomic E-state index is 0.0291. The van der Waals surface area contributed by atoms with Crippen LogP contribution in [0.2, 0.25) is 0 Å². The monoisotopic (exact) mass is 356 g/mol. The highest BCUT2D eigenvalue weighted by atomic mass is 16.5. The van der Waals surface area contributed by atoms with Gasteiger partial charge in [-0.1, -0.05) is 43.3 Å². The molecule has 0 aliphatic carbocycles. The van der Waals surface area contributed by atoms with Crippen molar-refractivity contribution in [3.05, 3.63) is 59.8 Å². The first-order chi connectivity index (χ1) is 12.4. The number of carboxylic acids is 1. The van der Waals surface area contributed by atoms with Crippen LogP contribution in [0.4, 0.5) is 0 Å². The van der Waals surface area contributed by atoms with Gasteiger partial charge in [-0.25, -0.2) is 4.98 Å². The van der Waals surface area contributed by atoms with Gasteiger partial charge in [-0.3, -0.25) is 9.59 Å². The lowest BCUT2D eigenvalue weighted by molar-refractivity contribution is -0.143. The Morgan fingerprint density at radius 3 is 2.42 bits per heavy atom. The van der Waals surface area contributed by atoms with Gasteiger partial charge in [0.2, 0.25) is 5.88 Å². The maximum atomic E-state index is 12.5. The van der Waals surface area contributed by atoms with Gasteiger partial charge in [0.25, 0.3) is 5.91 Å². The summed E-state index contributed by atoms with van der Waals surface area (Å²) < 4.78 is 5.49. The summed E-state index contributed by atoms with van der Waals surface area (Å²) >= 11 is 0. The van der Waals surface area contributed by atoms with E-state index < -0.39 is 17.3 Å². The van der Waals surface area contributed by atoms with E-state index in [4.69, 9.17) is 4.74 Å². The molecule has 1 aromatic carbocycles. The Morgan fingerprint density at radius 1 is 1.15 bits per heavy atom. The van der Waals surface area contributed by atoms with E-state index >= 15 is 0 Å². The first-order valence-corrected chi connectivity index (χ1v) is 8.60. The van der Waals surface area contributed by atoms with Crippen LogP contribution in [0.1, 0.15) is 43.2 Å². The molecule has 2 N–H and O–H groups in total. The van der Waals surface area contributed by atoms with E-state index in [1.807, 2.05) is 19.9 Å². The summed E-state index contributed by atoms with van der Waals surface area (Å²) in [5.74, 6) is -1.05. The molecule has 1 amide bonds. The Kier molecular flexibility index (Phi) is 6.33. The summed E-state index contributed by atoms with van der Waals surface area (Å²) in [6.45, 7) is 5.51. The number of hydrogen-bond donors (Lipinski definition) is 2. The van der Waals surface area contributed by atoms with Crippen LogP contribution in [0.5, 0.6) is 5.88 Å². The van der Waals surface area contributed by atoms with Crippen LogP contribution in [0.3, 0.4) is 0 Å². The highest BCUT2D eigenvalue weighted by molar-refractivity contribution is 5.93. The van der Waals surface area contributed by atoms with Crippen LogP contribution in [-0.4, -0.2) is 34.6 Å². The van der Waals surface area contributed by atoms with Crippen molar-refractivity contribution < 1.29 is 19.4 Å². The first-order valence-electron chi connectivity index (χ1n) is 8.60. The molecular formula is C20H24N2O4. The average molecular weight is 356 g/mol. The Balaban J connectivity index is 2.19. The second-order valence-electron chi connectivity index (χ2n) is 6.32. The molecule has 1 unspecified atom stereocenters. The molecule has 2 aromatic rings. The minimum atomic E-state index is -1.19. The van der Waals surface area contributed by atoms with Gasteiger partial charge in [-0.15, -0.1) is 0 Å². The van der Waals surface area contributed by atoms with Gasteiger partial charge in [0, 0.05) is 12.6 Å². The molecule has 0 saturated carbocycles. The molecule has 0 radical (unpaired) electrons. The van der Waals surface area contributed by atoms with E-state index in [-0.39, 0.29) is 18.3 Å². The predicted molar refractivity (Wildman–Crippen MR) is 98.4 cm³/mol. The normalized spacial score (nSPS) is 13.1. The number of pyridine rings is 1. The fraction of sp³-hybridized carbons (Fsp3) is 0.350.